The largest absolute Gasteiger partial charge is 0.459 e. The summed E-state index contributed by atoms with van der Waals surface area (Å²) >= 11 is 0. The lowest BCUT2D eigenvalue weighted by molar-refractivity contribution is 0.0714. The van der Waals surface area contributed by atoms with Gasteiger partial charge in [0, 0.05) is 37.3 Å². The number of nitriles is 1. The molecule has 1 fully saturated rings. The second-order valence-electron chi connectivity index (χ2n) is 7.65. The first-order valence-electron chi connectivity index (χ1n) is 10.4. The number of nitrogens with zero attached hydrogens (tertiary/aromatic N) is 4. The molecule has 4 heterocycles. The van der Waals surface area contributed by atoms with Crippen LogP contribution in [-0.4, -0.2) is 48.6 Å². The number of carbonyl (C=O) groups excluding carboxylic acids is 1. The second-order valence-corrected chi connectivity index (χ2v) is 7.65. The number of benzene rings is 1. The highest BCUT2D eigenvalue weighted by atomic mass is 16.5. The van der Waals surface area contributed by atoms with Crippen molar-refractivity contribution in [3.8, 4) is 17.3 Å². The van der Waals surface area contributed by atoms with Crippen molar-refractivity contribution in [2.75, 3.05) is 37.7 Å². The molecule has 0 atom stereocenters. The van der Waals surface area contributed by atoms with E-state index >= 15 is 0 Å². The third kappa shape index (κ3) is 3.56. The molecule has 31 heavy (non-hydrogen) atoms. The number of anilines is 1. The Bertz CT molecular complexity index is 1130. The highest BCUT2D eigenvalue weighted by molar-refractivity contribution is 5.91. The third-order valence-corrected chi connectivity index (χ3v) is 5.89. The maximum Gasteiger partial charge on any atom is 0.289 e. The van der Waals surface area contributed by atoms with Gasteiger partial charge in [0.2, 0.25) is 0 Å². The van der Waals surface area contributed by atoms with Gasteiger partial charge in [-0.1, -0.05) is 30.3 Å². The van der Waals surface area contributed by atoms with Crippen LogP contribution in [0.4, 0.5) is 5.82 Å². The van der Waals surface area contributed by atoms with Crippen molar-refractivity contribution in [2.45, 2.75) is 13.0 Å². The molecule has 0 saturated carbocycles. The van der Waals surface area contributed by atoms with E-state index in [1.54, 1.807) is 17.0 Å². The Morgan fingerprint density at radius 1 is 1.03 bits per heavy atom. The molecule has 2 aliphatic rings. The number of pyridine rings is 1. The molecular formula is C24H22N4O3. The van der Waals surface area contributed by atoms with Gasteiger partial charge in [0.15, 0.2) is 5.76 Å². The number of ether oxygens (including phenoxy) is 1. The summed E-state index contributed by atoms with van der Waals surface area (Å²) in [5.41, 5.74) is 4.56. The van der Waals surface area contributed by atoms with Gasteiger partial charge in [0.1, 0.15) is 11.9 Å². The van der Waals surface area contributed by atoms with Crippen molar-refractivity contribution in [1.82, 2.24) is 9.88 Å². The van der Waals surface area contributed by atoms with Crippen molar-refractivity contribution >= 4 is 11.7 Å². The number of aromatic nitrogens is 1. The summed E-state index contributed by atoms with van der Waals surface area (Å²) in [4.78, 5) is 21.5. The Hall–Kier alpha value is -3.63. The molecule has 0 aliphatic carbocycles. The standard InChI is InChI=1S/C24H22N4O3/c25-15-19-18-8-14-30-16-20(18)22(17-5-2-1-3-6-17)26-23(19)27-9-11-28(12-10-27)24(29)21-7-4-13-31-21/h1-7,13H,8-12,14,16H2. The van der Waals surface area contributed by atoms with Crippen molar-refractivity contribution in [2.24, 2.45) is 0 Å². The minimum Gasteiger partial charge on any atom is -0.459 e. The van der Waals surface area contributed by atoms with Gasteiger partial charge in [0.05, 0.1) is 30.7 Å². The lowest BCUT2D eigenvalue weighted by Gasteiger charge is -2.36. The molecule has 2 aliphatic heterocycles. The van der Waals surface area contributed by atoms with Crippen LogP contribution in [0.25, 0.3) is 11.3 Å². The fourth-order valence-corrected chi connectivity index (χ4v) is 4.30. The van der Waals surface area contributed by atoms with Gasteiger partial charge < -0.3 is 19.0 Å². The van der Waals surface area contributed by atoms with Gasteiger partial charge in [-0.05, 0) is 24.1 Å². The first-order chi connectivity index (χ1) is 15.3. The lowest BCUT2D eigenvalue weighted by Crippen LogP contribution is -2.49. The van der Waals surface area contributed by atoms with Crippen LogP contribution in [-0.2, 0) is 17.8 Å². The fraction of sp³-hybridized carbons (Fsp3) is 0.292. The maximum atomic E-state index is 12.6. The third-order valence-electron chi connectivity index (χ3n) is 5.89. The van der Waals surface area contributed by atoms with Crippen molar-refractivity contribution in [3.63, 3.8) is 0 Å². The van der Waals surface area contributed by atoms with Gasteiger partial charge in [-0.3, -0.25) is 4.79 Å². The van der Waals surface area contributed by atoms with E-state index in [0.717, 1.165) is 22.4 Å². The lowest BCUT2D eigenvalue weighted by atomic mass is 9.93. The number of piperazine rings is 1. The molecule has 0 N–H and O–H groups in total. The van der Waals surface area contributed by atoms with Crippen LogP contribution in [0.15, 0.2) is 53.1 Å². The van der Waals surface area contributed by atoms with Crippen LogP contribution in [0.5, 0.6) is 0 Å². The van der Waals surface area contributed by atoms with E-state index in [0.29, 0.717) is 63.0 Å². The number of rotatable bonds is 3. The molecule has 0 radical (unpaired) electrons. The fourth-order valence-electron chi connectivity index (χ4n) is 4.30. The van der Waals surface area contributed by atoms with Gasteiger partial charge in [-0.15, -0.1) is 0 Å². The van der Waals surface area contributed by atoms with E-state index in [9.17, 15) is 10.1 Å². The number of fused-ring (bicyclic) bond motifs is 1. The number of furan rings is 1. The predicted octanol–water partition coefficient (Wildman–Crippen LogP) is 3.25. The number of carbonyl (C=O) groups is 1. The van der Waals surface area contributed by atoms with E-state index in [2.05, 4.69) is 11.0 Å². The van der Waals surface area contributed by atoms with E-state index in [1.165, 1.54) is 6.26 Å². The minimum atomic E-state index is -0.106. The zero-order chi connectivity index (χ0) is 21.2. The Labute approximate surface area is 180 Å². The quantitative estimate of drug-likeness (QED) is 0.654. The smallest absolute Gasteiger partial charge is 0.289 e. The van der Waals surface area contributed by atoms with Gasteiger partial charge in [0.25, 0.3) is 5.91 Å². The molecule has 1 saturated heterocycles. The molecular weight excluding hydrogens is 392 g/mol. The SMILES string of the molecule is N#Cc1c(N2CCN(C(=O)c3ccco3)CC2)nc(-c2ccccc2)c2c1CCOC2. The Morgan fingerprint density at radius 2 is 1.84 bits per heavy atom. The van der Waals surface area contributed by atoms with Crippen molar-refractivity contribution in [1.29, 1.82) is 5.26 Å². The monoisotopic (exact) mass is 414 g/mol. The Balaban J connectivity index is 1.48. The molecule has 7 heteroatoms. The van der Waals surface area contributed by atoms with Crippen molar-refractivity contribution in [3.05, 3.63) is 71.2 Å². The summed E-state index contributed by atoms with van der Waals surface area (Å²) in [6.07, 6.45) is 2.21. The highest BCUT2D eigenvalue weighted by Crippen LogP contribution is 2.35. The molecule has 7 nitrogen and oxygen atoms in total. The highest BCUT2D eigenvalue weighted by Gasteiger charge is 2.29. The van der Waals surface area contributed by atoms with Crippen LogP contribution < -0.4 is 4.90 Å². The summed E-state index contributed by atoms with van der Waals surface area (Å²) in [5.74, 6) is 0.946. The summed E-state index contributed by atoms with van der Waals surface area (Å²) in [5, 5.41) is 10.00. The molecule has 0 bridgehead atoms. The van der Waals surface area contributed by atoms with Crippen LogP contribution in [0.3, 0.4) is 0 Å². The molecule has 0 spiro atoms. The first kappa shape index (κ1) is 19.3. The summed E-state index contributed by atoms with van der Waals surface area (Å²) < 4.78 is 11.0. The summed E-state index contributed by atoms with van der Waals surface area (Å²) in [6, 6.07) is 15.8. The average molecular weight is 414 g/mol. The molecule has 156 valence electrons. The zero-order valence-electron chi connectivity index (χ0n) is 17.1. The van der Waals surface area contributed by atoms with Crippen LogP contribution in [0.2, 0.25) is 0 Å². The Kier molecular flexibility index (Phi) is 5.14. The Morgan fingerprint density at radius 3 is 2.55 bits per heavy atom. The van der Waals surface area contributed by atoms with Gasteiger partial charge in [-0.2, -0.15) is 5.26 Å². The zero-order valence-corrected chi connectivity index (χ0v) is 17.1. The predicted molar refractivity (Wildman–Crippen MR) is 115 cm³/mol. The van der Waals surface area contributed by atoms with Crippen LogP contribution in [0.1, 0.15) is 27.2 Å². The van der Waals surface area contributed by atoms with Gasteiger partial charge >= 0.3 is 0 Å². The second kappa shape index (κ2) is 8.25. The minimum absolute atomic E-state index is 0.106. The van der Waals surface area contributed by atoms with E-state index < -0.39 is 0 Å². The molecule has 3 aromatic rings. The number of amides is 1. The maximum absolute atomic E-state index is 12.6. The number of hydrogen-bond donors (Lipinski definition) is 0. The molecule has 0 unspecified atom stereocenters. The van der Waals surface area contributed by atoms with Crippen LogP contribution in [0, 0.1) is 11.3 Å². The number of hydrogen-bond acceptors (Lipinski definition) is 6. The van der Waals surface area contributed by atoms with Gasteiger partial charge in [-0.25, -0.2) is 4.98 Å². The van der Waals surface area contributed by atoms with Crippen LogP contribution >= 0.6 is 0 Å². The topological polar surface area (TPSA) is 82.6 Å². The van der Waals surface area contributed by atoms with E-state index in [-0.39, 0.29) is 5.91 Å². The normalized spacial score (nSPS) is 16.0. The molecule has 2 aromatic heterocycles. The molecule has 1 amide bonds. The summed E-state index contributed by atoms with van der Waals surface area (Å²) in [7, 11) is 0. The molecule has 1 aromatic carbocycles. The first-order valence-corrected chi connectivity index (χ1v) is 10.4. The average Bonchev–Trinajstić information content (AvgIpc) is 3.38. The van der Waals surface area contributed by atoms with E-state index in [1.807, 2.05) is 30.3 Å². The molecule has 5 rings (SSSR count). The van der Waals surface area contributed by atoms with E-state index in [4.69, 9.17) is 14.1 Å². The summed E-state index contributed by atoms with van der Waals surface area (Å²) in [6.45, 7) is 3.38. The van der Waals surface area contributed by atoms with Crippen molar-refractivity contribution < 1.29 is 13.9 Å².